The van der Waals surface area contributed by atoms with E-state index in [9.17, 15) is 14.6 Å². The molecule has 0 aromatic heterocycles. The zero-order chi connectivity index (χ0) is 26.0. The van der Waals surface area contributed by atoms with Gasteiger partial charge in [-0.05, 0) is 41.8 Å². The number of hydrogen-bond donors (Lipinski definition) is 1. The van der Waals surface area contributed by atoms with Crippen molar-refractivity contribution in [1.82, 2.24) is 0 Å². The van der Waals surface area contributed by atoms with Crippen LogP contribution in [0.5, 0.6) is 0 Å². The largest absolute Gasteiger partial charge is 0.462 e. The van der Waals surface area contributed by atoms with E-state index in [-0.39, 0.29) is 12.2 Å². The third-order valence-electron chi connectivity index (χ3n) is 4.85. The molecular formula is C28H23Cl2N2O3P. The van der Waals surface area contributed by atoms with Crippen LogP contribution in [0.4, 0.5) is 5.69 Å². The minimum atomic E-state index is -3.44. The molecule has 0 saturated heterocycles. The van der Waals surface area contributed by atoms with Crippen molar-refractivity contribution in [2.24, 2.45) is 0 Å². The standard InChI is InChI=1S/C28H23Cl2N2O3P/c1-2-35-28(33)24(18-31)17-21-13-15-25(16-14-21)32-36(34,19-26(29)22-9-5-3-6-10-22)20-27(30)23-11-7-4-8-12-23/h3-17,19-20H,2H2,1H3,(H,32,34)/b24-17+,26-19-,27-20+. The van der Waals surface area contributed by atoms with Crippen molar-refractivity contribution >= 4 is 58.3 Å². The minimum Gasteiger partial charge on any atom is -0.462 e. The summed E-state index contributed by atoms with van der Waals surface area (Å²) < 4.78 is 19.0. The third kappa shape index (κ3) is 7.73. The fraction of sp³-hybridized carbons (Fsp3) is 0.0714. The second-order valence-corrected chi connectivity index (χ2v) is 10.5. The number of nitrogens with zero attached hydrogens (tertiary/aromatic N) is 1. The van der Waals surface area contributed by atoms with Gasteiger partial charge in [-0.3, -0.25) is 4.57 Å². The highest BCUT2D eigenvalue weighted by molar-refractivity contribution is 7.72. The summed E-state index contributed by atoms with van der Waals surface area (Å²) in [6, 6.07) is 27.0. The molecule has 0 saturated carbocycles. The van der Waals surface area contributed by atoms with Gasteiger partial charge in [0, 0.05) is 17.3 Å². The van der Waals surface area contributed by atoms with Crippen LogP contribution < -0.4 is 5.09 Å². The summed E-state index contributed by atoms with van der Waals surface area (Å²) in [6.45, 7) is 1.84. The summed E-state index contributed by atoms with van der Waals surface area (Å²) >= 11 is 13.1. The second kappa shape index (κ2) is 13.0. The number of esters is 1. The number of anilines is 1. The fourth-order valence-corrected chi connectivity index (χ4v) is 6.00. The molecule has 0 fully saturated rings. The van der Waals surface area contributed by atoms with Crippen LogP contribution in [0.25, 0.3) is 16.1 Å². The molecule has 0 radical (unpaired) electrons. The van der Waals surface area contributed by atoms with Crippen LogP contribution in [-0.4, -0.2) is 12.6 Å². The highest BCUT2D eigenvalue weighted by Crippen LogP contribution is 2.53. The Kier molecular flexibility index (Phi) is 9.73. The molecule has 1 unspecified atom stereocenters. The van der Waals surface area contributed by atoms with E-state index in [1.165, 1.54) is 17.7 Å². The van der Waals surface area contributed by atoms with E-state index in [0.29, 0.717) is 32.4 Å². The van der Waals surface area contributed by atoms with Gasteiger partial charge < -0.3 is 9.82 Å². The maximum absolute atomic E-state index is 14.1. The Morgan fingerprint density at radius 2 is 1.42 bits per heavy atom. The van der Waals surface area contributed by atoms with Crippen molar-refractivity contribution in [3.63, 3.8) is 0 Å². The third-order valence-corrected chi connectivity index (χ3v) is 7.70. The smallest absolute Gasteiger partial charge is 0.348 e. The molecule has 1 N–H and O–H groups in total. The van der Waals surface area contributed by atoms with Crippen LogP contribution in [0.2, 0.25) is 0 Å². The van der Waals surface area contributed by atoms with E-state index < -0.39 is 13.3 Å². The molecule has 0 spiro atoms. The first-order valence-electron chi connectivity index (χ1n) is 11.0. The van der Waals surface area contributed by atoms with Gasteiger partial charge in [0.1, 0.15) is 11.6 Å². The van der Waals surface area contributed by atoms with Crippen molar-refractivity contribution in [3.05, 3.63) is 119 Å². The number of nitriles is 1. The van der Waals surface area contributed by atoms with E-state index in [2.05, 4.69) is 5.09 Å². The normalized spacial score (nSPS) is 13.9. The summed E-state index contributed by atoms with van der Waals surface area (Å²) in [5, 5.41) is 12.9. The molecule has 8 heteroatoms. The molecule has 0 aliphatic carbocycles. The van der Waals surface area contributed by atoms with Crippen molar-refractivity contribution < 1.29 is 14.1 Å². The Hall–Kier alpha value is -3.55. The van der Waals surface area contributed by atoms with Gasteiger partial charge >= 0.3 is 5.97 Å². The molecule has 0 bridgehead atoms. The van der Waals surface area contributed by atoms with Crippen LogP contribution >= 0.6 is 30.5 Å². The van der Waals surface area contributed by atoms with Crippen molar-refractivity contribution in [2.45, 2.75) is 6.92 Å². The summed E-state index contributed by atoms with van der Waals surface area (Å²) in [4.78, 5) is 11.9. The zero-order valence-electron chi connectivity index (χ0n) is 19.4. The number of halogens is 2. The monoisotopic (exact) mass is 536 g/mol. The molecule has 182 valence electrons. The van der Waals surface area contributed by atoms with Crippen molar-refractivity contribution in [1.29, 1.82) is 5.26 Å². The second-order valence-electron chi connectivity index (χ2n) is 7.52. The molecule has 0 aliphatic heterocycles. The Balaban J connectivity index is 1.95. The van der Waals surface area contributed by atoms with Gasteiger partial charge in [-0.15, -0.1) is 0 Å². The fourth-order valence-electron chi connectivity index (χ4n) is 3.15. The Morgan fingerprint density at radius 3 is 1.86 bits per heavy atom. The van der Waals surface area contributed by atoms with Crippen LogP contribution in [0.3, 0.4) is 0 Å². The lowest BCUT2D eigenvalue weighted by Gasteiger charge is -2.16. The van der Waals surface area contributed by atoms with Gasteiger partial charge in [-0.25, -0.2) is 4.79 Å². The first-order chi connectivity index (χ1) is 17.3. The molecule has 3 rings (SSSR count). The summed E-state index contributed by atoms with van der Waals surface area (Å²) in [6.07, 6.45) is 1.43. The number of nitrogens with one attached hydrogen (secondary N) is 1. The number of carbonyl (C=O) groups is 1. The first-order valence-corrected chi connectivity index (χ1v) is 13.6. The summed E-state index contributed by atoms with van der Waals surface area (Å²) in [5.41, 5.74) is 2.46. The number of ether oxygens (including phenoxy) is 1. The maximum atomic E-state index is 14.1. The Bertz CT molecular complexity index is 1320. The lowest BCUT2D eigenvalue weighted by molar-refractivity contribution is -0.137. The van der Waals surface area contributed by atoms with Gasteiger partial charge in [-0.1, -0.05) is 96.0 Å². The molecular weight excluding hydrogens is 514 g/mol. The quantitative estimate of drug-likeness (QED) is 0.129. The van der Waals surface area contributed by atoms with Crippen LogP contribution in [0, 0.1) is 11.3 Å². The molecule has 36 heavy (non-hydrogen) atoms. The summed E-state index contributed by atoms with van der Waals surface area (Å²) in [7, 11) is -3.44. The summed E-state index contributed by atoms with van der Waals surface area (Å²) in [5.74, 6) is 2.25. The van der Waals surface area contributed by atoms with E-state index in [0.717, 1.165) is 0 Å². The average molecular weight is 537 g/mol. The van der Waals surface area contributed by atoms with E-state index >= 15 is 0 Å². The molecule has 3 aromatic rings. The van der Waals surface area contributed by atoms with E-state index in [4.69, 9.17) is 27.9 Å². The molecule has 3 aromatic carbocycles. The van der Waals surface area contributed by atoms with Crippen LogP contribution in [0.15, 0.2) is 102 Å². The van der Waals surface area contributed by atoms with Crippen molar-refractivity contribution in [3.8, 4) is 6.07 Å². The topological polar surface area (TPSA) is 79.2 Å². The lowest BCUT2D eigenvalue weighted by Crippen LogP contribution is -2.05. The zero-order valence-corrected chi connectivity index (χ0v) is 21.8. The van der Waals surface area contributed by atoms with Gasteiger partial charge in [-0.2, -0.15) is 5.26 Å². The first kappa shape index (κ1) is 27.0. The highest BCUT2D eigenvalue weighted by Gasteiger charge is 2.20. The minimum absolute atomic E-state index is 0.113. The van der Waals surface area contributed by atoms with Gasteiger partial charge in [0.05, 0.1) is 16.7 Å². The van der Waals surface area contributed by atoms with Crippen LogP contribution in [0.1, 0.15) is 23.6 Å². The molecule has 0 amide bonds. The van der Waals surface area contributed by atoms with E-state index in [1.54, 1.807) is 31.2 Å². The lowest BCUT2D eigenvalue weighted by atomic mass is 10.1. The van der Waals surface area contributed by atoms with Gasteiger partial charge in [0.25, 0.3) is 0 Å². The number of carbonyl (C=O) groups excluding carboxylic acids is 1. The van der Waals surface area contributed by atoms with Gasteiger partial charge in [0.15, 0.2) is 0 Å². The Morgan fingerprint density at radius 1 is 0.917 bits per heavy atom. The maximum Gasteiger partial charge on any atom is 0.348 e. The van der Waals surface area contributed by atoms with Crippen molar-refractivity contribution in [2.75, 3.05) is 11.7 Å². The predicted octanol–water partition coefficient (Wildman–Crippen LogP) is 8.32. The Labute approximate surface area is 220 Å². The highest BCUT2D eigenvalue weighted by atomic mass is 35.5. The predicted molar refractivity (Wildman–Crippen MR) is 148 cm³/mol. The van der Waals surface area contributed by atoms with Crippen LogP contribution in [-0.2, 0) is 14.1 Å². The van der Waals surface area contributed by atoms with E-state index in [1.807, 2.05) is 66.7 Å². The van der Waals surface area contributed by atoms with Gasteiger partial charge in [0.2, 0.25) is 7.29 Å². The number of benzene rings is 3. The molecule has 0 aliphatic rings. The SMILES string of the molecule is CCOC(=O)/C(C#N)=C/c1ccc(NP(=O)(/C=C(\Cl)c2ccccc2)/C=C(/Cl)c2ccccc2)cc1. The average Bonchev–Trinajstić information content (AvgIpc) is 2.89. The molecule has 0 heterocycles. The molecule has 1 atom stereocenters. The number of hydrogen-bond acceptors (Lipinski definition) is 4. The molecule has 5 nitrogen and oxygen atoms in total. The number of rotatable bonds is 9.